The highest BCUT2D eigenvalue weighted by Crippen LogP contribution is 2.20. The van der Waals surface area contributed by atoms with Crippen molar-refractivity contribution in [1.82, 2.24) is 4.98 Å². The smallest absolute Gasteiger partial charge is 0.263 e. The predicted octanol–water partition coefficient (Wildman–Crippen LogP) is 3.49. The monoisotopic (exact) mass is 421 g/mol. The van der Waals surface area contributed by atoms with Crippen LogP contribution in [-0.4, -0.2) is 25.9 Å². The van der Waals surface area contributed by atoms with Gasteiger partial charge in [-0.25, -0.2) is 17.8 Å². The second-order valence-electron chi connectivity index (χ2n) is 5.54. The van der Waals surface area contributed by atoms with Crippen molar-refractivity contribution in [2.24, 2.45) is 0 Å². The summed E-state index contributed by atoms with van der Waals surface area (Å²) in [7, 11) is -3.75. The van der Waals surface area contributed by atoms with Gasteiger partial charge in [-0.1, -0.05) is 12.1 Å². The van der Waals surface area contributed by atoms with Crippen molar-refractivity contribution in [3.63, 3.8) is 0 Å². The summed E-state index contributed by atoms with van der Waals surface area (Å²) in [6.07, 6.45) is 1.51. The molecular formula is C18H16FN3O4S2. The molecule has 2 aromatic carbocycles. The fourth-order valence-corrected chi connectivity index (χ4v) is 3.99. The molecule has 1 aromatic heterocycles. The van der Waals surface area contributed by atoms with Crippen molar-refractivity contribution in [3.8, 4) is 5.75 Å². The zero-order valence-electron chi connectivity index (χ0n) is 14.5. The Morgan fingerprint density at radius 3 is 2.57 bits per heavy atom. The molecule has 0 spiro atoms. The Morgan fingerprint density at radius 2 is 1.89 bits per heavy atom. The van der Waals surface area contributed by atoms with E-state index in [-0.39, 0.29) is 34.7 Å². The molecule has 7 nitrogen and oxygen atoms in total. The van der Waals surface area contributed by atoms with E-state index in [9.17, 15) is 17.6 Å². The van der Waals surface area contributed by atoms with Gasteiger partial charge in [0.2, 0.25) is 5.91 Å². The minimum Gasteiger partial charge on any atom is -0.490 e. The van der Waals surface area contributed by atoms with E-state index in [1.54, 1.807) is 17.5 Å². The molecule has 3 rings (SSSR count). The van der Waals surface area contributed by atoms with E-state index in [2.05, 4.69) is 15.0 Å². The Balaban J connectivity index is 1.52. The van der Waals surface area contributed by atoms with Crippen LogP contribution in [0.3, 0.4) is 0 Å². The number of hydrogen-bond acceptors (Lipinski definition) is 6. The number of thiazole rings is 1. The molecule has 2 N–H and O–H groups in total. The molecule has 0 aliphatic rings. The van der Waals surface area contributed by atoms with E-state index < -0.39 is 15.8 Å². The molecule has 0 saturated carbocycles. The number of carbonyl (C=O) groups is 1. The zero-order chi connectivity index (χ0) is 20.0. The number of anilines is 2. The quantitative estimate of drug-likeness (QED) is 0.580. The van der Waals surface area contributed by atoms with Gasteiger partial charge in [0.1, 0.15) is 0 Å². The first-order valence-corrected chi connectivity index (χ1v) is 10.5. The van der Waals surface area contributed by atoms with Gasteiger partial charge in [0.05, 0.1) is 17.9 Å². The summed E-state index contributed by atoms with van der Waals surface area (Å²) >= 11 is 1.17. The lowest BCUT2D eigenvalue weighted by Crippen LogP contribution is -2.16. The van der Waals surface area contributed by atoms with Crippen LogP contribution in [0.2, 0.25) is 0 Å². The summed E-state index contributed by atoms with van der Waals surface area (Å²) < 4.78 is 45.5. The van der Waals surface area contributed by atoms with Crippen LogP contribution in [-0.2, 0) is 14.8 Å². The third-order valence-corrected chi connectivity index (χ3v) is 5.70. The van der Waals surface area contributed by atoms with Gasteiger partial charge < -0.3 is 10.1 Å². The number of halogens is 1. The average Bonchev–Trinajstić information content (AvgIpc) is 3.16. The normalized spacial score (nSPS) is 11.0. The Bertz CT molecular complexity index is 1040. The van der Waals surface area contributed by atoms with E-state index in [0.29, 0.717) is 5.69 Å². The molecule has 0 fully saturated rings. The fraction of sp³-hybridized carbons (Fsp3) is 0.111. The van der Waals surface area contributed by atoms with E-state index >= 15 is 0 Å². The second-order valence-corrected chi connectivity index (χ2v) is 8.12. The molecule has 3 aromatic rings. The lowest BCUT2D eigenvalue weighted by molar-refractivity contribution is -0.116. The summed E-state index contributed by atoms with van der Waals surface area (Å²) in [6.45, 7) is 0.0109. The summed E-state index contributed by atoms with van der Waals surface area (Å²) in [5, 5.41) is 4.56. The van der Waals surface area contributed by atoms with Gasteiger partial charge in [0.15, 0.2) is 16.7 Å². The van der Waals surface area contributed by atoms with Gasteiger partial charge in [-0.15, -0.1) is 11.3 Å². The Hall–Kier alpha value is -2.98. The molecule has 0 saturated heterocycles. The number of aromatic nitrogens is 1. The molecule has 1 amide bonds. The van der Waals surface area contributed by atoms with Gasteiger partial charge in [-0.2, -0.15) is 0 Å². The van der Waals surface area contributed by atoms with Crippen LogP contribution in [0.1, 0.15) is 6.42 Å². The molecule has 28 heavy (non-hydrogen) atoms. The minimum absolute atomic E-state index is 0.0109. The fourth-order valence-electron chi connectivity index (χ4n) is 2.20. The molecule has 1 heterocycles. The number of carbonyl (C=O) groups excluding carboxylic acids is 1. The summed E-state index contributed by atoms with van der Waals surface area (Å²) in [4.78, 5) is 15.9. The summed E-state index contributed by atoms with van der Waals surface area (Å²) in [5.74, 6) is -0.753. The number of benzene rings is 2. The number of hydrogen-bond donors (Lipinski definition) is 2. The van der Waals surface area contributed by atoms with E-state index in [1.807, 2.05) is 0 Å². The number of rotatable bonds is 8. The molecule has 0 aliphatic heterocycles. The highest BCUT2D eigenvalue weighted by atomic mass is 32.2. The van der Waals surface area contributed by atoms with Gasteiger partial charge >= 0.3 is 0 Å². The number of nitrogens with zero attached hydrogens (tertiary/aromatic N) is 1. The predicted molar refractivity (Wildman–Crippen MR) is 105 cm³/mol. The first-order chi connectivity index (χ1) is 13.4. The molecular weight excluding hydrogens is 405 g/mol. The summed E-state index contributed by atoms with van der Waals surface area (Å²) in [5.41, 5.74) is 0.434. The topological polar surface area (TPSA) is 97.4 Å². The standard InChI is InChI=1S/C18H16FN3O4S2/c19-15-3-1-2-4-16(15)26-11-9-17(23)21-13-5-7-14(8-6-13)28(24,25)22-18-20-10-12-27-18/h1-8,10,12H,9,11H2,(H,20,22)(H,21,23). The van der Waals surface area contributed by atoms with Crippen LogP contribution >= 0.6 is 11.3 Å². The molecule has 0 bridgehead atoms. The first kappa shape index (κ1) is 19.8. The van der Waals surface area contributed by atoms with Gasteiger partial charge in [0.25, 0.3) is 10.0 Å². The van der Waals surface area contributed by atoms with E-state index in [4.69, 9.17) is 4.74 Å². The van der Waals surface area contributed by atoms with Crippen LogP contribution in [0.25, 0.3) is 0 Å². The molecule has 0 unspecified atom stereocenters. The minimum atomic E-state index is -3.75. The second kappa shape index (κ2) is 8.81. The maximum absolute atomic E-state index is 13.4. The van der Waals surface area contributed by atoms with Crippen LogP contribution in [0.15, 0.2) is 65.0 Å². The molecule has 0 aliphatic carbocycles. The zero-order valence-corrected chi connectivity index (χ0v) is 16.1. The van der Waals surface area contributed by atoms with E-state index in [1.165, 1.54) is 53.9 Å². The largest absolute Gasteiger partial charge is 0.490 e. The van der Waals surface area contributed by atoms with Crippen LogP contribution in [0.5, 0.6) is 5.75 Å². The first-order valence-electron chi connectivity index (χ1n) is 8.13. The Kier molecular flexibility index (Phi) is 6.22. The Morgan fingerprint density at radius 1 is 1.14 bits per heavy atom. The van der Waals surface area contributed by atoms with Gasteiger partial charge in [-0.3, -0.25) is 9.52 Å². The van der Waals surface area contributed by atoms with Crippen molar-refractivity contribution in [3.05, 3.63) is 65.9 Å². The number of nitrogens with one attached hydrogen (secondary N) is 2. The highest BCUT2D eigenvalue weighted by molar-refractivity contribution is 7.93. The van der Waals surface area contributed by atoms with Crippen molar-refractivity contribution in [2.75, 3.05) is 16.6 Å². The third kappa shape index (κ3) is 5.27. The van der Waals surface area contributed by atoms with Crippen LogP contribution in [0.4, 0.5) is 15.2 Å². The van der Waals surface area contributed by atoms with Crippen LogP contribution < -0.4 is 14.8 Å². The maximum atomic E-state index is 13.4. The number of sulfonamides is 1. The van der Waals surface area contributed by atoms with Crippen molar-refractivity contribution in [2.45, 2.75) is 11.3 Å². The molecule has 0 radical (unpaired) electrons. The van der Waals surface area contributed by atoms with Crippen molar-refractivity contribution in [1.29, 1.82) is 0 Å². The van der Waals surface area contributed by atoms with E-state index in [0.717, 1.165) is 0 Å². The average molecular weight is 421 g/mol. The van der Waals surface area contributed by atoms with Gasteiger partial charge in [-0.05, 0) is 36.4 Å². The number of ether oxygens (including phenoxy) is 1. The lowest BCUT2D eigenvalue weighted by Gasteiger charge is -2.09. The molecule has 10 heteroatoms. The summed E-state index contributed by atoms with van der Waals surface area (Å²) in [6, 6.07) is 11.6. The van der Waals surface area contributed by atoms with Crippen molar-refractivity contribution >= 4 is 38.1 Å². The SMILES string of the molecule is O=C(CCOc1ccccc1F)Nc1ccc(S(=O)(=O)Nc2nccs2)cc1. The molecule has 0 atom stereocenters. The van der Waals surface area contributed by atoms with Crippen LogP contribution in [0, 0.1) is 5.82 Å². The molecule has 146 valence electrons. The van der Waals surface area contributed by atoms with Crippen molar-refractivity contribution < 1.29 is 22.3 Å². The number of para-hydroxylation sites is 1. The third-order valence-electron chi connectivity index (χ3n) is 3.53. The number of amides is 1. The lowest BCUT2D eigenvalue weighted by atomic mass is 10.3. The maximum Gasteiger partial charge on any atom is 0.263 e. The highest BCUT2D eigenvalue weighted by Gasteiger charge is 2.15. The van der Waals surface area contributed by atoms with Gasteiger partial charge in [0, 0.05) is 17.3 Å². The Labute approximate surface area is 165 Å².